The second-order valence-corrected chi connectivity index (χ2v) is 7.60. The molecule has 0 bridgehead atoms. The highest BCUT2D eigenvalue weighted by Crippen LogP contribution is 2.47. The van der Waals surface area contributed by atoms with E-state index in [0.717, 1.165) is 30.5 Å². The van der Waals surface area contributed by atoms with E-state index in [1.165, 1.54) is 4.90 Å². The molecule has 1 amide bonds. The molecule has 1 aliphatic heterocycles. The lowest BCUT2D eigenvalue weighted by Crippen LogP contribution is -2.66. The molecule has 26 heavy (non-hydrogen) atoms. The second-order valence-electron chi connectivity index (χ2n) is 7.60. The molecule has 1 aromatic rings. The summed E-state index contributed by atoms with van der Waals surface area (Å²) in [5.74, 6) is -0.848. The molecule has 1 aromatic carbocycles. The number of carboxylic acids is 1. The van der Waals surface area contributed by atoms with Crippen LogP contribution in [0.1, 0.15) is 37.7 Å². The van der Waals surface area contributed by atoms with Crippen molar-refractivity contribution in [3.63, 3.8) is 0 Å². The third-order valence-corrected chi connectivity index (χ3v) is 6.06. The quantitative estimate of drug-likeness (QED) is 0.718. The van der Waals surface area contributed by atoms with E-state index in [4.69, 9.17) is 5.11 Å². The van der Waals surface area contributed by atoms with Gasteiger partial charge in [-0.25, -0.2) is 4.79 Å². The van der Waals surface area contributed by atoms with Gasteiger partial charge in [-0.05, 0) is 43.2 Å². The van der Waals surface area contributed by atoms with Gasteiger partial charge in [0.05, 0.1) is 17.6 Å². The Labute approximate surface area is 151 Å². The van der Waals surface area contributed by atoms with E-state index < -0.39 is 17.6 Å². The second kappa shape index (κ2) is 6.09. The van der Waals surface area contributed by atoms with Crippen LogP contribution in [0.3, 0.4) is 0 Å². The van der Waals surface area contributed by atoms with Crippen molar-refractivity contribution in [3.05, 3.63) is 29.8 Å². The number of anilines is 1. The summed E-state index contributed by atoms with van der Waals surface area (Å²) in [4.78, 5) is 36.3. The van der Waals surface area contributed by atoms with Gasteiger partial charge < -0.3 is 15.5 Å². The van der Waals surface area contributed by atoms with Crippen LogP contribution in [0, 0.1) is 5.92 Å². The topological polar surface area (TPSA) is 107 Å². The molecule has 2 saturated carbocycles. The molecule has 2 fully saturated rings. The zero-order valence-electron chi connectivity index (χ0n) is 14.4. The Morgan fingerprint density at radius 3 is 2.54 bits per heavy atom. The molecule has 0 aromatic heterocycles. The van der Waals surface area contributed by atoms with Crippen LogP contribution in [0.4, 0.5) is 10.5 Å². The molecule has 3 aliphatic rings. The lowest BCUT2D eigenvalue weighted by molar-refractivity contribution is -0.139. The number of benzene rings is 1. The molecule has 1 heterocycles. The van der Waals surface area contributed by atoms with Gasteiger partial charge in [0.1, 0.15) is 0 Å². The standard InChI is InChI=1S/C19H22N2O5/c22-16(5-6-17(23)24)19(7-8-19)20-13-10-15-12(13)9-11-3-1-2-4-14(11)21(15)18(25)26/h1-4,12-13,15,20H,5-10H2,(H,23,24)(H,25,26). The summed E-state index contributed by atoms with van der Waals surface area (Å²) < 4.78 is 0. The number of hydrogen-bond acceptors (Lipinski definition) is 4. The number of fused-ring (bicyclic) bond motifs is 2. The SMILES string of the molecule is O=C(O)CCC(=O)C1(NC2CC3C2Cc2ccccc2N3C(=O)O)CC1. The molecule has 2 aliphatic carbocycles. The van der Waals surface area contributed by atoms with E-state index in [1.807, 2.05) is 24.3 Å². The van der Waals surface area contributed by atoms with Crippen LogP contribution < -0.4 is 10.2 Å². The monoisotopic (exact) mass is 358 g/mol. The molecule has 7 nitrogen and oxygen atoms in total. The summed E-state index contributed by atoms with van der Waals surface area (Å²) in [6.45, 7) is 0. The van der Waals surface area contributed by atoms with E-state index in [2.05, 4.69) is 5.32 Å². The lowest BCUT2D eigenvalue weighted by Gasteiger charge is -2.53. The number of nitrogens with one attached hydrogen (secondary N) is 1. The number of para-hydroxylation sites is 1. The Bertz CT molecular complexity index is 773. The number of carboxylic acid groups (broad SMARTS) is 2. The minimum atomic E-state index is -0.959. The van der Waals surface area contributed by atoms with Crippen molar-refractivity contribution in [1.82, 2.24) is 5.32 Å². The number of nitrogens with zero attached hydrogens (tertiary/aromatic N) is 1. The number of Topliss-reactive ketones (excluding diaryl/α,β-unsaturated/α-hetero) is 1. The van der Waals surface area contributed by atoms with Crippen LogP contribution in [0.5, 0.6) is 0 Å². The first-order valence-corrected chi connectivity index (χ1v) is 9.04. The first kappa shape index (κ1) is 17.0. The van der Waals surface area contributed by atoms with Crippen molar-refractivity contribution in [1.29, 1.82) is 0 Å². The van der Waals surface area contributed by atoms with Gasteiger partial charge in [-0.3, -0.25) is 14.5 Å². The number of amides is 1. The zero-order chi connectivity index (χ0) is 18.5. The molecule has 3 atom stereocenters. The molecule has 4 rings (SSSR count). The third kappa shape index (κ3) is 2.76. The number of aliphatic carboxylic acids is 1. The maximum atomic E-state index is 12.4. The van der Waals surface area contributed by atoms with Crippen LogP contribution in [-0.2, 0) is 16.0 Å². The molecular formula is C19H22N2O5. The summed E-state index contributed by atoms with van der Waals surface area (Å²) in [6.07, 6.45) is 1.91. The van der Waals surface area contributed by atoms with Gasteiger partial charge in [0, 0.05) is 18.5 Å². The molecule has 0 spiro atoms. The summed E-state index contributed by atoms with van der Waals surface area (Å²) in [6, 6.07) is 7.60. The van der Waals surface area contributed by atoms with Gasteiger partial charge in [-0.1, -0.05) is 18.2 Å². The van der Waals surface area contributed by atoms with Gasteiger partial charge in [0.2, 0.25) is 0 Å². The van der Waals surface area contributed by atoms with Gasteiger partial charge in [0.25, 0.3) is 0 Å². The average molecular weight is 358 g/mol. The Kier molecular flexibility index (Phi) is 3.99. The predicted molar refractivity (Wildman–Crippen MR) is 93.3 cm³/mol. The highest BCUT2D eigenvalue weighted by atomic mass is 16.4. The normalized spacial score (nSPS) is 27.7. The Morgan fingerprint density at radius 2 is 1.88 bits per heavy atom. The lowest BCUT2D eigenvalue weighted by atomic mass is 9.67. The fourth-order valence-corrected chi connectivity index (χ4v) is 4.46. The molecular weight excluding hydrogens is 336 g/mol. The van der Waals surface area contributed by atoms with Crippen molar-refractivity contribution in [2.75, 3.05) is 4.90 Å². The van der Waals surface area contributed by atoms with Crippen LogP contribution in [-0.4, -0.2) is 45.7 Å². The molecule has 3 unspecified atom stereocenters. The predicted octanol–water partition coefficient (Wildman–Crippen LogP) is 2.04. The summed E-state index contributed by atoms with van der Waals surface area (Å²) in [5, 5.41) is 21.9. The first-order valence-electron chi connectivity index (χ1n) is 9.04. The van der Waals surface area contributed by atoms with E-state index in [9.17, 15) is 19.5 Å². The van der Waals surface area contributed by atoms with Crippen LogP contribution in [0.25, 0.3) is 0 Å². The van der Waals surface area contributed by atoms with E-state index >= 15 is 0 Å². The smallest absolute Gasteiger partial charge is 0.412 e. The van der Waals surface area contributed by atoms with E-state index in [1.54, 1.807) is 0 Å². The van der Waals surface area contributed by atoms with Crippen molar-refractivity contribution in [2.45, 2.75) is 56.1 Å². The van der Waals surface area contributed by atoms with Crippen LogP contribution in [0.15, 0.2) is 24.3 Å². The molecule has 138 valence electrons. The number of carbonyl (C=O) groups is 3. The Morgan fingerprint density at radius 1 is 1.15 bits per heavy atom. The van der Waals surface area contributed by atoms with Gasteiger partial charge >= 0.3 is 12.1 Å². The number of hydrogen-bond donors (Lipinski definition) is 3. The summed E-state index contributed by atoms with van der Waals surface area (Å²) in [7, 11) is 0. The number of carbonyl (C=O) groups excluding carboxylic acids is 1. The fourth-order valence-electron chi connectivity index (χ4n) is 4.46. The maximum Gasteiger partial charge on any atom is 0.412 e. The van der Waals surface area contributed by atoms with Crippen molar-refractivity contribution in [3.8, 4) is 0 Å². The average Bonchev–Trinajstić information content (AvgIpc) is 3.38. The summed E-state index contributed by atoms with van der Waals surface area (Å²) >= 11 is 0. The minimum Gasteiger partial charge on any atom is -0.481 e. The number of rotatable bonds is 6. The van der Waals surface area contributed by atoms with Crippen molar-refractivity contribution in [2.24, 2.45) is 5.92 Å². The maximum absolute atomic E-state index is 12.4. The first-order chi connectivity index (χ1) is 12.4. The van der Waals surface area contributed by atoms with Crippen molar-refractivity contribution < 1.29 is 24.6 Å². The number of ketones is 1. The molecule has 0 saturated heterocycles. The Balaban J connectivity index is 1.47. The minimum absolute atomic E-state index is 0.0327. The van der Waals surface area contributed by atoms with Crippen LogP contribution >= 0.6 is 0 Å². The van der Waals surface area contributed by atoms with Gasteiger partial charge in [0.15, 0.2) is 5.78 Å². The van der Waals surface area contributed by atoms with Crippen LogP contribution in [0.2, 0.25) is 0 Å². The molecule has 7 heteroatoms. The van der Waals surface area contributed by atoms with E-state index in [-0.39, 0.29) is 36.6 Å². The van der Waals surface area contributed by atoms with Crippen molar-refractivity contribution >= 4 is 23.5 Å². The zero-order valence-corrected chi connectivity index (χ0v) is 14.4. The molecule has 0 radical (unpaired) electrons. The largest absolute Gasteiger partial charge is 0.481 e. The third-order valence-electron chi connectivity index (χ3n) is 6.06. The van der Waals surface area contributed by atoms with Gasteiger partial charge in [-0.2, -0.15) is 0 Å². The molecule has 3 N–H and O–H groups in total. The van der Waals surface area contributed by atoms with E-state index in [0.29, 0.717) is 6.42 Å². The van der Waals surface area contributed by atoms with Gasteiger partial charge in [-0.15, -0.1) is 0 Å². The highest BCUT2D eigenvalue weighted by molar-refractivity contribution is 5.93. The highest BCUT2D eigenvalue weighted by Gasteiger charge is 2.56. The fraction of sp³-hybridized carbons (Fsp3) is 0.526. The Hall–Kier alpha value is -2.41. The summed E-state index contributed by atoms with van der Waals surface area (Å²) in [5.41, 5.74) is 1.19.